The van der Waals surface area contributed by atoms with Crippen molar-refractivity contribution >= 4 is 18.5 Å². The minimum Gasteiger partial charge on any atom is -0.410 e. The first-order valence-corrected chi connectivity index (χ1v) is 12.1. The fourth-order valence-corrected chi connectivity index (χ4v) is 5.85. The molecule has 0 aromatic heterocycles. The van der Waals surface area contributed by atoms with Gasteiger partial charge in [0.05, 0.1) is 0 Å². The maximum Gasteiger partial charge on any atom is 0.412 e. The fraction of sp³-hybridized carbons (Fsp3) is 0.720. The Morgan fingerprint density at radius 1 is 1.17 bits per heavy atom. The van der Waals surface area contributed by atoms with Crippen LogP contribution in [-0.4, -0.2) is 36.7 Å². The van der Waals surface area contributed by atoms with E-state index in [-0.39, 0.29) is 18.5 Å². The minimum absolute atomic E-state index is 0. The number of fused-ring (bicyclic) bond motifs is 3. The van der Waals surface area contributed by atoms with E-state index >= 15 is 0 Å². The SMILES string of the molecule is CCCCNC(=O)Oc1cccc2c1CC[C@H]1[C@@H]2CCN1CCC1CCCCC1.Cl. The van der Waals surface area contributed by atoms with Crippen LogP contribution in [0.15, 0.2) is 18.2 Å². The minimum atomic E-state index is -0.311. The highest BCUT2D eigenvalue weighted by atomic mass is 35.5. The predicted molar refractivity (Wildman–Crippen MR) is 125 cm³/mol. The van der Waals surface area contributed by atoms with E-state index in [2.05, 4.69) is 29.3 Å². The highest BCUT2D eigenvalue weighted by Gasteiger charge is 2.39. The summed E-state index contributed by atoms with van der Waals surface area (Å²) < 4.78 is 5.70. The van der Waals surface area contributed by atoms with E-state index in [1.807, 2.05) is 6.07 Å². The molecule has 0 spiro atoms. The van der Waals surface area contributed by atoms with Gasteiger partial charge in [-0.15, -0.1) is 12.4 Å². The lowest BCUT2D eigenvalue weighted by Crippen LogP contribution is -2.36. The number of amides is 1. The van der Waals surface area contributed by atoms with Crippen LogP contribution >= 0.6 is 12.4 Å². The molecule has 1 aliphatic heterocycles. The van der Waals surface area contributed by atoms with Gasteiger partial charge in [-0.3, -0.25) is 4.90 Å². The number of nitrogens with one attached hydrogen (secondary N) is 1. The number of ether oxygens (including phenoxy) is 1. The molecule has 2 aliphatic carbocycles. The highest BCUT2D eigenvalue weighted by Crippen LogP contribution is 2.44. The van der Waals surface area contributed by atoms with Crippen LogP contribution in [0.1, 0.15) is 88.2 Å². The largest absolute Gasteiger partial charge is 0.412 e. The molecular weight excluding hydrogens is 396 g/mol. The third kappa shape index (κ3) is 5.50. The zero-order valence-corrected chi connectivity index (χ0v) is 19.4. The molecule has 168 valence electrons. The van der Waals surface area contributed by atoms with E-state index in [4.69, 9.17) is 4.74 Å². The summed E-state index contributed by atoms with van der Waals surface area (Å²) in [5.41, 5.74) is 2.70. The maximum absolute atomic E-state index is 12.1. The second-order valence-corrected chi connectivity index (χ2v) is 9.32. The number of hydrogen-bond acceptors (Lipinski definition) is 3. The monoisotopic (exact) mass is 434 g/mol. The van der Waals surface area contributed by atoms with E-state index in [0.717, 1.165) is 30.9 Å². The summed E-state index contributed by atoms with van der Waals surface area (Å²) in [5, 5.41) is 2.87. The number of hydrogen-bond donors (Lipinski definition) is 1. The Morgan fingerprint density at radius 3 is 2.80 bits per heavy atom. The standard InChI is InChI=1S/C25H38N2O2.ClH/c1-2-3-16-26-25(28)29-24-11-7-10-20-21-15-18-27(23(21)13-12-22(20)24)17-14-19-8-5-4-6-9-19;/h7,10-11,19,21,23H,2-6,8-9,12-18H2,1H3,(H,26,28);1H/t21-,23+;/m1./s1. The van der Waals surface area contributed by atoms with Gasteiger partial charge in [-0.25, -0.2) is 4.79 Å². The summed E-state index contributed by atoms with van der Waals surface area (Å²) in [7, 11) is 0. The zero-order valence-electron chi connectivity index (χ0n) is 18.5. The van der Waals surface area contributed by atoms with Gasteiger partial charge in [0.25, 0.3) is 0 Å². The smallest absolute Gasteiger partial charge is 0.410 e. The number of likely N-dealkylation sites (tertiary alicyclic amines) is 1. The van der Waals surface area contributed by atoms with Crippen molar-refractivity contribution in [1.82, 2.24) is 10.2 Å². The number of unbranched alkanes of at least 4 members (excludes halogenated alkanes) is 1. The van der Waals surface area contributed by atoms with Gasteiger partial charge in [0, 0.05) is 18.5 Å². The summed E-state index contributed by atoms with van der Waals surface area (Å²) in [6, 6.07) is 6.99. The van der Waals surface area contributed by atoms with E-state index in [1.54, 1.807) is 0 Å². The molecule has 2 atom stereocenters. The second-order valence-electron chi connectivity index (χ2n) is 9.32. The van der Waals surface area contributed by atoms with Crippen LogP contribution in [0, 0.1) is 5.92 Å². The van der Waals surface area contributed by atoms with E-state index in [1.165, 1.54) is 75.6 Å². The molecule has 0 radical (unpaired) electrons. The molecule has 1 N–H and O–H groups in total. The Balaban J connectivity index is 0.00000256. The van der Waals surface area contributed by atoms with Crippen molar-refractivity contribution in [1.29, 1.82) is 0 Å². The molecule has 0 bridgehead atoms. The molecule has 0 unspecified atom stereocenters. The molecule has 4 rings (SSSR count). The van der Waals surface area contributed by atoms with Gasteiger partial charge >= 0.3 is 6.09 Å². The molecule has 1 saturated carbocycles. The Morgan fingerprint density at radius 2 is 2.00 bits per heavy atom. The van der Waals surface area contributed by atoms with Gasteiger partial charge in [-0.2, -0.15) is 0 Å². The lowest BCUT2D eigenvalue weighted by molar-refractivity contribution is 0.194. The lowest BCUT2D eigenvalue weighted by atomic mass is 9.79. The summed E-state index contributed by atoms with van der Waals surface area (Å²) >= 11 is 0. The van der Waals surface area contributed by atoms with Crippen molar-refractivity contribution < 1.29 is 9.53 Å². The number of benzene rings is 1. The van der Waals surface area contributed by atoms with Crippen LogP contribution in [0.4, 0.5) is 4.79 Å². The first-order chi connectivity index (χ1) is 14.3. The quantitative estimate of drug-likeness (QED) is 0.529. The van der Waals surface area contributed by atoms with Gasteiger partial charge < -0.3 is 10.1 Å². The molecule has 1 aromatic carbocycles. The average molecular weight is 435 g/mol. The summed E-state index contributed by atoms with van der Waals surface area (Å²) in [4.78, 5) is 14.9. The average Bonchev–Trinajstić information content (AvgIpc) is 3.17. The summed E-state index contributed by atoms with van der Waals surface area (Å²) in [6.45, 7) is 5.31. The normalized spacial score (nSPS) is 23.9. The van der Waals surface area contributed by atoms with Gasteiger partial charge in [0.1, 0.15) is 5.75 Å². The van der Waals surface area contributed by atoms with Crippen molar-refractivity contribution in [2.75, 3.05) is 19.6 Å². The fourth-order valence-electron chi connectivity index (χ4n) is 5.85. The Hall–Kier alpha value is -1.26. The van der Waals surface area contributed by atoms with Crippen LogP contribution < -0.4 is 10.1 Å². The lowest BCUT2D eigenvalue weighted by Gasteiger charge is -2.35. The van der Waals surface area contributed by atoms with Crippen molar-refractivity contribution in [3.8, 4) is 5.75 Å². The van der Waals surface area contributed by atoms with Crippen molar-refractivity contribution in [2.24, 2.45) is 5.92 Å². The topological polar surface area (TPSA) is 41.6 Å². The number of carbonyl (C=O) groups is 1. The molecule has 5 heteroatoms. The molecule has 1 amide bonds. The third-order valence-electron chi connectivity index (χ3n) is 7.47. The van der Waals surface area contributed by atoms with Crippen molar-refractivity contribution in [3.63, 3.8) is 0 Å². The number of carbonyl (C=O) groups excluding carboxylic acids is 1. The second kappa shape index (κ2) is 11.4. The van der Waals surface area contributed by atoms with E-state index in [0.29, 0.717) is 18.5 Å². The highest BCUT2D eigenvalue weighted by molar-refractivity contribution is 5.85. The van der Waals surface area contributed by atoms with Gasteiger partial charge in [0.15, 0.2) is 0 Å². The van der Waals surface area contributed by atoms with Gasteiger partial charge in [-0.1, -0.05) is 57.6 Å². The molecule has 30 heavy (non-hydrogen) atoms. The molecule has 3 aliphatic rings. The van der Waals surface area contributed by atoms with Crippen LogP contribution in [0.3, 0.4) is 0 Å². The Kier molecular flexibility index (Phi) is 8.88. The molecule has 1 aromatic rings. The molecule has 2 fully saturated rings. The molecular formula is C25H39ClN2O2. The Bertz CT molecular complexity index is 690. The van der Waals surface area contributed by atoms with E-state index < -0.39 is 0 Å². The van der Waals surface area contributed by atoms with Gasteiger partial charge in [0.2, 0.25) is 0 Å². The molecule has 1 saturated heterocycles. The first kappa shape index (κ1) is 23.4. The Labute approximate surface area is 188 Å². The number of halogens is 1. The predicted octanol–water partition coefficient (Wildman–Crippen LogP) is 6.07. The van der Waals surface area contributed by atoms with Crippen LogP contribution in [0.5, 0.6) is 5.75 Å². The molecule has 1 heterocycles. The van der Waals surface area contributed by atoms with E-state index in [9.17, 15) is 4.79 Å². The zero-order chi connectivity index (χ0) is 20.1. The number of rotatable bonds is 7. The first-order valence-electron chi connectivity index (χ1n) is 12.1. The molecule has 4 nitrogen and oxygen atoms in total. The maximum atomic E-state index is 12.1. The summed E-state index contributed by atoms with van der Waals surface area (Å²) in [6.07, 6.45) is 13.8. The van der Waals surface area contributed by atoms with Crippen molar-refractivity contribution in [3.05, 3.63) is 29.3 Å². The van der Waals surface area contributed by atoms with Crippen LogP contribution in [-0.2, 0) is 6.42 Å². The summed E-state index contributed by atoms with van der Waals surface area (Å²) in [5.74, 6) is 2.34. The van der Waals surface area contributed by atoms with Crippen LogP contribution in [0.2, 0.25) is 0 Å². The van der Waals surface area contributed by atoms with Crippen molar-refractivity contribution in [2.45, 2.75) is 89.5 Å². The third-order valence-corrected chi connectivity index (χ3v) is 7.47. The number of nitrogens with zero attached hydrogens (tertiary/aromatic N) is 1. The van der Waals surface area contributed by atoms with Gasteiger partial charge in [-0.05, 0) is 68.3 Å². The van der Waals surface area contributed by atoms with Crippen LogP contribution in [0.25, 0.3) is 0 Å².